The van der Waals surface area contributed by atoms with Crippen LogP contribution in [0.15, 0.2) is 36.7 Å². The normalized spacial score (nSPS) is 20.0. The van der Waals surface area contributed by atoms with Gasteiger partial charge in [-0.2, -0.15) is 13.5 Å². The molecule has 8 nitrogen and oxygen atoms in total. The minimum absolute atomic E-state index is 0. The number of ether oxygens (including phenoxy) is 2. The minimum atomic E-state index is -1.04. The molecule has 0 bridgehead atoms. The molecule has 1 amide bonds. The fourth-order valence-corrected chi connectivity index (χ4v) is 4.00. The van der Waals surface area contributed by atoms with Crippen molar-refractivity contribution in [1.29, 1.82) is 0 Å². The lowest BCUT2D eigenvalue weighted by atomic mass is 9.96. The zero-order valence-corrected chi connectivity index (χ0v) is 17.4. The van der Waals surface area contributed by atoms with Crippen LogP contribution in [0, 0.1) is 0 Å². The topological polar surface area (TPSA) is 112 Å². The van der Waals surface area contributed by atoms with Gasteiger partial charge >= 0.3 is 0 Å². The molecule has 2 aliphatic heterocycles. The summed E-state index contributed by atoms with van der Waals surface area (Å²) in [5.41, 5.74) is 8.17. The highest BCUT2D eigenvalue weighted by molar-refractivity contribution is 7.59. The first-order chi connectivity index (χ1) is 14.0. The summed E-state index contributed by atoms with van der Waals surface area (Å²) < 4.78 is 12.9. The Kier molecular flexibility index (Phi) is 5.54. The molecule has 9 heteroatoms. The second kappa shape index (κ2) is 7.99. The molecule has 2 saturated heterocycles. The molecule has 0 radical (unpaired) electrons. The number of rotatable bonds is 5. The summed E-state index contributed by atoms with van der Waals surface area (Å²) >= 11 is 0. The van der Waals surface area contributed by atoms with Gasteiger partial charge in [-0.15, -0.1) is 0 Å². The Bertz CT molecular complexity index is 1090. The standard InChI is InChI=1S/C21H22N4O4.H2S/c22-20(26)7-13-6-15-16(9-25(18(15)8-23-13)14-4-5-28-10-14)17-2-1-3-19(24-17)21(27)11-29-12-21;/h1-3,6,8-9,14,27H,4-5,7,10-12H2,(H2,22,26);1H2/t14-;/m0./s1. The van der Waals surface area contributed by atoms with Crippen LogP contribution in [0.4, 0.5) is 0 Å². The molecule has 1 atom stereocenters. The number of hydrogen-bond acceptors (Lipinski definition) is 6. The Hall–Kier alpha value is -2.46. The highest BCUT2D eigenvalue weighted by Crippen LogP contribution is 2.35. The molecular formula is C21H24N4O4S. The molecule has 3 aromatic rings. The van der Waals surface area contributed by atoms with Gasteiger partial charge in [0, 0.05) is 23.8 Å². The van der Waals surface area contributed by atoms with Crippen molar-refractivity contribution in [2.75, 3.05) is 26.4 Å². The van der Waals surface area contributed by atoms with Crippen molar-refractivity contribution in [3.63, 3.8) is 0 Å². The van der Waals surface area contributed by atoms with Crippen LogP contribution >= 0.6 is 13.5 Å². The van der Waals surface area contributed by atoms with Crippen molar-refractivity contribution in [3.05, 3.63) is 48.0 Å². The number of fused-ring (bicyclic) bond motifs is 1. The first kappa shape index (κ1) is 20.8. The molecule has 0 spiro atoms. The Morgan fingerprint density at radius 1 is 1.33 bits per heavy atom. The van der Waals surface area contributed by atoms with Gasteiger partial charge in [-0.25, -0.2) is 4.98 Å². The van der Waals surface area contributed by atoms with E-state index in [9.17, 15) is 9.90 Å². The third-order valence-electron chi connectivity index (χ3n) is 5.61. The van der Waals surface area contributed by atoms with Gasteiger partial charge in [0.15, 0.2) is 5.60 Å². The molecule has 0 aromatic carbocycles. The van der Waals surface area contributed by atoms with Gasteiger partial charge in [-0.05, 0) is 24.6 Å². The highest BCUT2D eigenvalue weighted by Gasteiger charge is 2.39. The zero-order chi connectivity index (χ0) is 20.0. The number of primary amides is 1. The maximum atomic E-state index is 11.4. The van der Waals surface area contributed by atoms with Crippen molar-refractivity contribution in [2.45, 2.75) is 24.5 Å². The van der Waals surface area contributed by atoms with E-state index in [2.05, 4.69) is 15.7 Å². The lowest BCUT2D eigenvalue weighted by Crippen LogP contribution is -2.47. The van der Waals surface area contributed by atoms with Crippen molar-refractivity contribution in [3.8, 4) is 11.3 Å². The van der Waals surface area contributed by atoms with Crippen molar-refractivity contribution in [1.82, 2.24) is 14.5 Å². The molecule has 2 fully saturated rings. The van der Waals surface area contributed by atoms with Gasteiger partial charge in [-0.3, -0.25) is 9.78 Å². The first-order valence-electron chi connectivity index (χ1n) is 9.67. The van der Waals surface area contributed by atoms with Gasteiger partial charge in [0.25, 0.3) is 0 Å². The molecule has 0 saturated carbocycles. The van der Waals surface area contributed by atoms with Crippen molar-refractivity contribution in [2.24, 2.45) is 5.73 Å². The summed E-state index contributed by atoms with van der Waals surface area (Å²) in [6.07, 6.45) is 4.86. The van der Waals surface area contributed by atoms with Crippen LogP contribution in [0.3, 0.4) is 0 Å². The third kappa shape index (κ3) is 3.58. The highest BCUT2D eigenvalue weighted by atomic mass is 32.1. The lowest BCUT2D eigenvalue weighted by Gasteiger charge is -2.35. The van der Waals surface area contributed by atoms with E-state index in [1.807, 2.05) is 24.3 Å². The Labute approximate surface area is 180 Å². The summed E-state index contributed by atoms with van der Waals surface area (Å²) in [5, 5.41) is 11.6. The monoisotopic (exact) mass is 428 g/mol. The molecule has 3 N–H and O–H groups in total. The Balaban J connectivity index is 0.00000218. The smallest absolute Gasteiger partial charge is 0.223 e. The van der Waals surface area contributed by atoms with Gasteiger partial charge in [0.2, 0.25) is 5.91 Å². The van der Waals surface area contributed by atoms with Crippen LogP contribution in [0.1, 0.15) is 23.9 Å². The van der Waals surface area contributed by atoms with E-state index in [0.29, 0.717) is 18.0 Å². The second-order valence-electron chi connectivity index (χ2n) is 7.74. The summed E-state index contributed by atoms with van der Waals surface area (Å²) in [6, 6.07) is 7.75. The number of aliphatic hydroxyl groups is 1. The first-order valence-corrected chi connectivity index (χ1v) is 9.67. The van der Waals surface area contributed by atoms with Crippen LogP contribution in [0.25, 0.3) is 22.2 Å². The molecule has 2 aliphatic rings. The van der Waals surface area contributed by atoms with E-state index in [1.54, 1.807) is 6.20 Å². The fraction of sp³-hybridized carbons (Fsp3) is 0.381. The predicted octanol–water partition coefficient (Wildman–Crippen LogP) is 1.42. The van der Waals surface area contributed by atoms with Gasteiger partial charge < -0.3 is 24.9 Å². The van der Waals surface area contributed by atoms with E-state index in [-0.39, 0.29) is 39.2 Å². The Morgan fingerprint density at radius 2 is 2.17 bits per heavy atom. The number of carbonyl (C=O) groups excluding carboxylic acids is 1. The fourth-order valence-electron chi connectivity index (χ4n) is 4.00. The average Bonchev–Trinajstić information content (AvgIpc) is 3.33. The minimum Gasteiger partial charge on any atom is -0.379 e. The quantitative estimate of drug-likeness (QED) is 0.636. The maximum Gasteiger partial charge on any atom is 0.223 e. The zero-order valence-electron chi connectivity index (χ0n) is 16.4. The number of nitrogens with zero attached hydrogens (tertiary/aromatic N) is 3. The van der Waals surface area contributed by atoms with Gasteiger partial charge in [-0.1, -0.05) is 6.07 Å². The van der Waals surface area contributed by atoms with Gasteiger partial charge in [0.05, 0.1) is 61.1 Å². The molecule has 158 valence electrons. The maximum absolute atomic E-state index is 11.4. The third-order valence-corrected chi connectivity index (χ3v) is 5.61. The van der Waals surface area contributed by atoms with E-state index in [0.717, 1.165) is 35.2 Å². The van der Waals surface area contributed by atoms with Crippen LogP contribution < -0.4 is 5.73 Å². The number of pyridine rings is 2. The van der Waals surface area contributed by atoms with E-state index >= 15 is 0 Å². The van der Waals surface area contributed by atoms with E-state index < -0.39 is 11.5 Å². The van der Waals surface area contributed by atoms with Crippen LogP contribution in [-0.2, 0) is 26.3 Å². The van der Waals surface area contributed by atoms with Crippen LogP contribution in [-0.4, -0.2) is 52.0 Å². The summed E-state index contributed by atoms with van der Waals surface area (Å²) in [7, 11) is 0. The summed E-state index contributed by atoms with van der Waals surface area (Å²) in [4.78, 5) is 20.5. The average molecular weight is 429 g/mol. The van der Waals surface area contributed by atoms with Crippen LogP contribution in [0.2, 0.25) is 0 Å². The number of aromatic nitrogens is 3. The number of carbonyl (C=O) groups is 1. The molecule has 0 aliphatic carbocycles. The molecule has 5 rings (SSSR count). The molecular weight excluding hydrogens is 404 g/mol. The molecule has 3 aromatic heterocycles. The number of hydrogen-bond donors (Lipinski definition) is 2. The number of nitrogens with two attached hydrogens (primary N) is 1. The number of amides is 1. The molecule has 30 heavy (non-hydrogen) atoms. The SMILES string of the molecule is NC(=O)Cc1cc2c(-c3cccc(C4(O)COC4)n3)cn([C@H]3CCOC3)c2cn1.S. The molecule has 5 heterocycles. The van der Waals surface area contributed by atoms with Crippen molar-refractivity contribution < 1.29 is 19.4 Å². The second-order valence-corrected chi connectivity index (χ2v) is 7.74. The largest absolute Gasteiger partial charge is 0.379 e. The van der Waals surface area contributed by atoms with Crippen LogP contribution in [0.5, 0.6) is 0 Å². The van der Waals surface area contributed by atoms with Crippen molar-refractivity contribution >= 4 is 30.3 Å². The van der Waals surface area contributed by atoms with E-state index in [1.165, 1.54) is 0 Å². The van der Waals surface area contributed by atoms with Gasteiger partial charge in [0.1, 0.15) is 0 Å². The predicted molar refractivity (Wildman–Crippen MR) is 115 cm³/mol. The molecule has 0 unspecified atom stereocenters. The Morgan fingerprint density at radius 3 is 2.83 bits per heavy atom. The summed E-state index contributed by atoms with van der Waals surface area (Å²) in [6.45, 7) is 1.87. The van der Waals surface area contributed by atoms with E-state index in [4.69, 9.17) is 20.2 Å². The summed E-state index contributed by atoms with van der Waals surface area (Å²) in [5.74, 6) is -0.422. The lowest BCUT2D eigenvalue weighted by molar-refractivity contribution is -0.186.